The molecule has 102 valence electrons. The van der Waals surface area contributed by atoms with Crippen LogP contribution < -0.4 is 10.3 Å². The van der Waals surface area contributed by atoms with E-state index in [1.54, 1.807) is 0 Å². The van der Waals surface area contributed by atoms with Crippen LogP contribution in [-0.2, 0) is 0 Å². The van der Waals surface area contributed by atoms with Gasteiger partial charge in [0.1, 0.15) is 6.20 Å². The molecule has 2 N–H and O–H groups in total. The minimum Gasteiger partial charge on any atom is -0.339 e. The molecule has 2 heterocycles. The molecule has 1 aliphatic carbocycles. The van der Waals surface area contributed by atoms with Gasteiger partial charge < -0.3 is 4.90 Å². The smallest absolute Gasteiger partial charge is 0.272 e. The summed E-state index contributed by atoms with van der Waals surface area (Å²) in [5.41, 5.74) is 0.763. The van der Waals surface area contributed by atoms with Crippen LogP contribution in [0.3, 0.4) is 0 Å². The lowest BCUT2D eigenvalue weighted by atomic mass is 10.2. The largest absolute Gasteiger partial charge is 0.339 e. The molecule has 19 heavy (non-hydrogen) atoms. The molecule has 0 aromatic carbocycles. The normalized spacial score (nSPS) is 19.9. The van der Waals surface area contributed by atoms with Gasteiger partial charge in [0.2, 0.25) is 0 Å². The molecule has 0 atom stereocenters. The van der Waals surface area contributed by atoms with Gasteiger partial charge in [0.25, 0.3) is 11.7 Å². The van der Waals surface area contributed by atoms with Gasteiger partial charge in [-0.2, -0.15) is 0 Å². The maximum absolute atomic E-state index is 12.2. The van der Waals surface area contributed by atoms with Gasteiger partial charge in [-0.1, -0.05) is 0 Å². The Balaban J connectivity index is 1.62. The van der Waals surface area contributed by atoms with Crippen LogP contribution in [0.5, 0.6) is 0 Å². The maximum atomic E-state index is 12.2. The molecule has 3 rings (SSSR count). The zero-order chi connectivity index (χ0) is 13.1. The number of carbonyl (C=O) groups excluding carboxylic acids is 1. The summed E-state index contributed by atoms with van der Waals surface area (Å²) in [5.74, 6) is 1.17. The molecule has 1 saturated carbocycles. The molecule has 4 heteroatoms. The highest BCUT2D eigenvalue weighted by atomic mass is 16.2. The van der Waals surface area contributed by atoms with E-state index in [1.165, 1.54) is 25.7 Å². The lowest BCUT2D eigenvalue weighted by molar-refractivity contribution is -0.361. The van der Waals surface area contributed by atoms with Crippen LogP contribution in [0.25, 0.3) is 0 Å². The van der Waals surface area contributed by atoms with Gasteiger partial charge in [-0.3, -0.25) is 10.1 Å². The second kappa shape index (κ2) is 5.59. The van der Waals surface area contributed by atoms with Crippen molar-refractivity contribution in [3.05, 3.63) is 23.9 Å². The summed E-state index contributed by atoms with van der Waals surface area (Å²) in [6.07, 6.45) is 9.25. The molecular weight excluding hydrogens is 238 g/mol. The Morgan fingerprint density at radius 2 is 1.89 bits per heavy atom. The molecule has 0 radical (unpaired) electrons. The van der Waals surface area contributed by atoms with Crippen LogP contribution >= 0.6 is 0 Å². The highest BCUT2D eigenvalue weighted by molar-refractivity contribution is 5.93. The minimum absolute atomic E-state index is 0.154. The van der Waals surface area contributed by atoms with Gasteiger partial charge in [-0.25, -0.2) is 4.98 Å². The van der Waals surface area contributed by atoms with Gasteiger partial charge in [0.05, 0.1) is 11.6 Å². The molecule has 1 aromatic rings. The fraction of sp³-hybridized carbons (Fsp3) is 0.600. The predicted molar refractivity (Wildman–Crippen MR) is 74.0 cm³/mol. The van der Waals surface area contributed by atoms with Gasteiger partial charge in [-0.15, -0.1) is 0 Å². The number of anilines is 1. The van der Waals surface area contributed by atoms with Gasteiger partial charge in [0, 0.05) is 19.2 Å². The number of nitrogens with zero attached hydrogens (tertiary/aromatic N) is 1. The maximum Gasteiger partial charge on any atom is 0.272 e. The first kappa shape index (κ1) is 12.5. The van der Waals surface area contributed by atoms with Crippen molar-refractivity contribution in [1.82, 2.24) is 4.90 Å². The second-order valence-electron chi connectivity index (χ2n) is 5.62. The van der Waals surface area contributed by atoms with Crippen molar-refractivity contribution in [2.45, 2.75) is 44.6 Å². The van der Waals surface area contributed by atoms with E-state index in [2.05, 4.69) is 10.3 Å². The van der Waals surface area contributed by atoms with Gasteiger partial charge in [-0.05, 0) is 44.6 Å². The molecule has 1 aromatic heterocycles. The monoisotopic (exact) mass is 260 g/mol. The summed E-state index contributed by atoms with van der Waals surface area (Å²) in [4.78, 5) is 17.3. The van der Waals surface area contributed by atoms with E-state index >= 15 is 0 Å². The summed E-state index contributed by atoms with van der Waals surface area (Å²) in [5, 5.41) is 3.50. The van der Waals surface area contributed by atoms with Crippen LogP contribution in [-0.4, -0.2) is 29.9 Å². The van der Waals surface area contributed by atoms with E-state index in [0.717, 1.165) is 37.3 Å². The van der Waals surface area contributed by atoms with Crippen molar-refractivity contribution < 1.29 is 9.78 Å². The first-order valence-electron chi connectivity index (χ1n) is 7.40. The molecule has 0 bridgehead atoms. The van der Waals surface area contributed by atoms with E-state index in [0.29, 0.717) is 6.04 Å². The number of amides is 1. The van der Waals surface area contributed by atoms with Crippen LogP contribution in [0, 0.1) is 0 Å². The number of aromatic nitrogens is 1. The fourth-order valence-corrected chi connectivity index (χ4v) is 3.04. The van der Waals surface area contributed by atoms with E-state index < -0.39 is 0 Å². The molecule has 2 aliphatic rings. The van der Waals surface area contributed by atoms with Gasteiger partial charge in [0.15, 0.2) is 0 Å². The Kier molecular flexibility index (Phi) is 3.67. The molecule has 1 amide bonds. The lowest BCUT2D eigenvalue weighted by Gasteiger charge is -2.14. The van der Waals surface area contributed by atoms with E-state index in [1.807, 2.05) is 23.2 Å². The van der Waals surface area contributed by atoms with E-state index in [-0.39, 0.29) is 5.91 Å². The second-order valence-corrected chi connectivity index (χ2v) is 5.62. The third-order valence-corrected chi connectivity index (χ3v) is 4.17. The molecule has 2 fully saturated rings. The first-order chi connectivity index (χ1) is 9.33. The van der Waals surface area contributed by atoms with Crippen LogP contribution in [0.2, 0.25) is 0 Å². The summed E-state index contributed by atoms with van der Waals surface area (Å²) < 4.78 is 0. The van der Waals surface area contributed by atoms with E-state index in [4.69, 9.17) is 0 Å². The van der Waals surface area contributed by atoms with Crippen LogP contribution in [0.15, 0.2) is 18.3 Å². The van der Waals surface area contributed by atoms with Crippen molar-refractivity contribution in [2.75, 3.05) is 18.4 Å². The molecular formula is C15H22N3O+. The number of H-pyrrole nitrogens is 1. The Hall–Kier alpha value is -1.58. The first-order valence-corrected chi connectivity index (χ1v) is 7.40. The summed E-state index contributed by atoms with van der Waals surface area (Å²) in [6.45, 7) is 1.81. The third-order valence-electron chi connectivity index (χ3n) is 4.17. The topological polar surface area (TPSA) is 46.5 Å². The average Bonchev–Trinajstić information content (AvgIpc) is 3.12. The number of hydrogen-bond acceptors (Lipinski definition) is 2. The lowest BCUT2D eigenvalue weighted by Crippen LogP contribution is -2.29. The third kappa shape index (κ3) is 2.88. The number of likely N-dealkylation sites (tertiary alicyclic amines) is 1. The molecule has 0 spiro atoms. The average molecular weight is 260 g/mol. The number of nitrogens with one attached hydrogen (secondary N) is 2. The zero-order valence-corrected chi connectivity index (χ0v) is 11.3. The Morgan fingerprint density at radius 3 is 2.53 bits per heavy atom. The van der Waals surface area contributed by atoms with E-state index in [9.17, 15) is 4.79 Å². The number of aromatic amines is 1. The highest BCUT2D eigenvalue weighted by Gasteiger charge is 2.22. The highest BCUT2D eigenvalue weighted by Crippen LogP contribution is 2.20. The SMILES string of the molecule is O=C(c1ccc(NC2CCCC2)[nH+]c1)N1CCCC1. The van der Waals surface area contributed by atoms with Crippen LogP contribution in [0.1, 0.15) is 48.9 Å². The minimum atomic E-state index is 0.154. The van der Waals surface area contributed by atoms with Crippen molar-refractivity contribution >= 4 is 11.7 Å². The standard InChI is InChI=1S/C15H21N3O/c19-15(18-9-3-4-10-18)12-7-8-14(16-11-12)17-13-5-1-2-6-13/h7-8,11,13H,1-6,9-10H2,(H,16,17)/p+1. The summed E-state index contributed by atoms with van der Waals surface area (Å²) >= 11 is 0. The van der Waals surface area contributed by atoms with Crippen molar-refractivity contribution in [3.8, 4) is 0 Å². The number of pyridine rings is 1. The van der Waals surface area contributed by atoms with Crippen molar-refractivity contribution in [1.29, 1.82) is 0 Å². The Labute approximate surface area is 114 Å². The van der Waals surface area contributed by atoms with Gasteiger partial charge >= 0.3 is 0 Å². The molecule has 1 saturated heterocycles. The quantitative estimate of drug-likeness (QED) is 0.904. The zero-order valence-electron chi connectivity index (χ0n) is 11.3. The van der Waals surface area contributed by atoms with Crippen LogP contribution in [0.4, 0.5) is 5.82 Å². The fourth-order valence-electron chi connectivity index (χ4n) is 3.04. The summed E-state index contributed by atoms with van der Waals surface area (Å²) in [7, 11) is 0. The Bertz CT molecular complexity index is 431. The summed E-state index contributed by atoms with van der Waals surface area (Å²) in [6, 6.07) is 4.51. The predicted octanol–water partition coefficient (Wildman–Crippen LogP) is 2.09. The molecule has 1 aliphatic heterocycles. The molecule has 4 nitrogen and oxygen atoms in total. The number of carbonyl (C=O) groups is 1. The number of rotatable bonds is 3. The van der Waals surface area contributed by atoms with Crippen molar-refractivity contribution in [3.63, 3.8) is 0 Å². The Morgan fingerprint density at radius 1 is 1.16 bits per heavy atom. The van der Waals surface area contributed by atoms with Crippen molar-refractivity contribution in [2.24, 2.45) is 0 Å². The molecule has 0 unspecified atom stereocenters. The number of hydrogen-bond donors (Lipinski definition) is 1.